The minimum absolute atomic E-state index is 0.189. The van der Waals surface area contributed by atoms with Crippen molar-refractivity contribution in [2.45, 2.75) is 0 Å². The van der Waals surface area contributed by atoms with E-state index in [1.54, 1.807) is 13.2 Å². The zero-order chi connectivity index (χ0) is 19.3. The average molecular weight is 370 g/mol. The van der Waals surface area contributed by atoms with Crippen molar-refractivity contribution in [3.63, 3.8) is 0 Å². The molecule has 28 heavy (non-hydrogen) atoms. The summed E-state index contributed by atoms with van der Waals surface area (Å²) in [4.78, 5) is 16.6. The van der Waals surface area contributed by atoms with Crippen LogP contribution in [0, 0.1) is 0 Å². The number of nitrogens with one attached hydrogen (secondary N) is 1. The molecule has 0 aliphatic heterocycles. The van der Waals surface area contributed by atoms with Crippen LogP contribution in [0.4, 0.5) is 5.69 Å². The lowest BCUT2D eigenvalue weighted by molar-refractivity contribution is -0.111. The van der Waals surface area contributed by atoms with E-state index in [-0.39, 0.29) is 5.91 Å². The largest absolute Gasteiger partial charge is 0.497 e. The van der Waals surface area contributed by atoms with Gasteiger partial charge in [0.1, 0.15) is 11.3 Å². The van der Waals surface area contributed by atoms with Crippen molar-refractivity contribution in [1.29, 1.82) is 0 Å². The van der Waals surface area contributed by atoms with Crippen molar-refractivity contribution in [3.05, 3.63) is 84.4 Å². The Morgan fingerprint density at radius 1 is 1.04 bits per heavy atom. The van der Waals surface area contributed by atoms with Crippen LogP contribution in [0.1, 0.15) is 5.56 Å². The zero-order valence-electron chi connectivity index (χ0n) is 15.3. The van der Waals surface area contributed by atoms with E-state index in [1.165, 1.54) is 6.08 Å². The van der Waals surface area contributed by atoms with E-state index in [1.807, 2.05) is 72.8 Å². The summed E-state index contributed by atoms with van der Waals surface area (Å²) in [5.74, 6) is 1.06. The number of anilines is 1. The Morgan fingerprint density at radius 2 is 1.82 bits per heavy atom. The van der Waals surface area contributed by atoms with Crippen molar-refractivity contribution >= 4 is 28.8 Å². The molecule has 0 aliphatic carbocycles. The first-order chi connectivity index (χ1) is 13.7. The number of hydrogen-bond donors (Lipinski definition) is 1. The van der Waals surface area contributed by atoms with Gasteiger partial charge in [-0.1, -0.05) is 30.3 Å². The van der Waals surface area contributed by atoms with Gasteiger partial charge in [-0.2, -0.15) is 0 Å². The molecule has 0 bridgehead atoms. The summed E-state index contributed by atoms with van der Waals surface area (Å²) in [6.07, 6.45) is 3.29. The molecule has 5 nitrogen and oxygen atoms in total. The van der Waals surface area contributed by atoms with E-state index in [0.29, 0.717) is 17.2 Å². The fourth-order valence-electron chi connectivity index (χ4n) is 2.77. The van der Waals surface area contributed by atoms with Gasteiger partial charge in [-0.15, -0.1) is 0 Å². The number of ether oxygens (including phenoxy) is 1. The molecule has 0 spiro atoms. The van der Waals surface area contributed by atoms with Crippen LogP contribution < -0.4 is 10.1 Å². The SMILES string of the molecule is COc1ccc2oc(-c3ccc(NC(=O)C=Cc4ccccc4)cc3)nc2c1. The van der Waals surface area contributed by atoms with Gasteiger partial charge in [0.15, 0.2) is 5.58 Å². The Morgan fingerprint density at radius 3 is 2.57 bits per heavy atom. The summed E-state index contributed by atoms with van der Waals surface area (Å²) in [6, 6.07) is 22.5. The molecule has 0 fully saturated rings. The standard InChI is InChI=1S/C23H18N2O3/c1-27-19-12-13-21-20(15-19)25-23(28-21)17-8-10-18(11-9-17)24-22(26)14-7-16-5-3-2-4-6-16/h2-15H,1H3,(H,24,26). The predicted molar refractivity (Wildman–Crippen MR) is 110 cm³/mol. The lowest BCUT2D eigenvalue weighted by Crippen LogP contribution is -2.07. The van der Waals surface area contributed by atoms with E-state index in [9.17, 15) is 4.79 Å². The second-order valence-electron chi connectivity index (χ2n) is 6.16. The lowest BCUT2D eigenvalue weighted by atomic mass is 10.2. The maximum absolute atomic E-state index is 12.1. The highest BCUT2D eigenvalue weighted by molar-refractivity contribution is 6.02. The average Bonchev–Trinajstić information content (AvgIpc) is 3.17. The first kappa shape index (κ1) is 17.5. The molecule has 3 aromatic carbocycles. The molecule has 4 aromatic rings. The van der Waals surface area contributed by atoms with E-state index in [2.05, 4.69) is 10.3 Å². The molecule has 1 aromatic heterocycles. The summed E-state index contributed by atoms with van der Waals surface area (Å²) >= 11 is 0. The summed E-state index contributed by atoms with van der Waals surface area (Å²) in [7, 11) is 1.62. The van der Waals surface area contributed by atoms with Gasteiger partial charge < -0.3 is 14.5 Å². The Labute approximate surface area is 162 Å². The van der Waals surface area contributed by atoms with E-state index in [4.69, 9.17) is 9.15 Å². The van der Waals surface area contributed by atoms with Gasteiger partial charge in [0, 0.05) is 23.4 Å². The molecule has 0 aliphatic rings. The zero-order valence-corrected chi connectivity index (χ0v) is 15.3. The number of hydrogen-bond acceptors (Lipinski definition) is 4. The number of rotatable bonds is 5. The van der Waals surface area contributed by atoms with Crippen molar-refractivity contribution in [2.24, 2.45) is 0 Å². The number of methoxy groups -OCH3 is 1. The van der Waals surface area contributed by atoms with Crippen LogP contribution in [0.2, 0.25) is 0 Å². The number of nitrogens with zero attached hydrogens (tertiary/aromatic N) is 1. The first-order valence-electron chi connectivity index (χ1n) is 8.80. The lowest BCUT2D eigenvalue weighted by Gasteiger charge is -2.03. The van der Waals surface area contributed by atoms with Crippen LogP contribution in [-0.2, 0) is 4.79 Å². The second kappa shape index (κ2) is 7.80. The highest BCUT2D eigenvalue weighted by Crippen LogP contribution is 2.27. The maximum Gasteiger partial charge on any atom is 0.248 e. The summed E-state index contributed by atoms with van der Waals surface area (Å²) in [5, 5.41) is 2.84. The van der Waals surface area contributed by atoms with Crippen molar-refractivity contribution < 1.29 is 13.9 Å². The van der Waals surface area contributed by atoms with Gasteiger partial charge in [0.05, 0.1) is 7.11 Å². The van der Waals surface area contributed by atoms with E-state index < -0.39 is 0 Å². The van der Waals surface area contributed by atoms with Crippen molar-refractivity contribution in [2.75, 3.05) is 12.4 Å². The van der Waals surface area contributed by atoms with Crippen molar-refractivity contribution in [3.8, 4) is 17.2 Å². The van der Waals surface area contributed by atoms with Gasteiger partial charge in [0.25, 0.3) is 0 Å². The van der Waals surface area contributed by atoms with Gasteiger partial charge in [0.2, 0.25) is 11.8 Å². The Bertz CT molecular complexity index is 1130. The molecule has 0 radical (unpaired) electrons. The molecule has 0 atom stereocenters. The normalized spacial score (nSPS) is 11.0. The van der Waals surface area contributed by atoms with Gasteiger partial charge in [-0.3, -0.25) is 4.79 Å². The topological polar surface area (TPSA) is 64.4 Å². The number of oxazole rings is 1. The molecule has 1 N–H and O–H groups in total. The fourth-order valence-corrected chi connectivity index (χ4v) is 2.77. The molecule has 1 heterocycles. The number of carbonyl (C=O) groups is 1. The summed E-state index contributed by atoms with van der Waals surface area (Å²) in [6.45, 7) is 0. The van der Waals surface area contributed by atoms with Crippen LogP contribution in [-0.4, -0.2) is 18.0 Å². The van der Waals surface area contributed by atoms with Gasteiger partial charge >= 0.3 is 0 Å². The third kappa shape index (κ3) is 3.94. The Hall–Kier alpha value is -3.86. The third-order valence-electron chi connectivity index (χ3n) is 4.22. The summed E-state index contributed by atoms with van der Waals surface area (Å²) < 4.78 is 11.0. The molecule has 0 saturated heterocycles. The Balaban J connectivity index is 1.46. The number of benzene rings is 3. The number of amides is 1. The van der Waals surface area contributed by atoms with E-state index >= 15 is 0 Å². The minimum Gasteiger partial charge on any atom is -0.497 e. The number of aromatic nitrogens is 1. The fraction of sp³-hybridized carbons (Fsp3) is 0.0435. The van der Waals surface area contributed by atoms with Crippen molar-refractivity contribution in [1.82, 2.24) is 4.98 Å². The highest BCUT2D eigenvalue weighted by atomic mass is 16.5. The summed E-state index contributed by atoms with van der Waals surface area (Å²) in [5.41, 5.74) is 3.93. The molecule has 5 heteroatoms. The highest BCUT2D eigenvalue weighted by Gasteiger charge is 2.09. The monoisotopic (exact) mass is 370 g/mol. The van der Waals surface area contributed by atoms with Crippen LogP contribution in [0.25, 0.3) is 28.6 Å². The quantitative estimate of drug-likeness (QED) is 0.493. The van der Waals surface area contributed by atoms with Crippen LogP contribution in [0.5, 0.6) is 5.75 Å². The second-order valence-corrected chi connectivity index (χ2v) is 6.16. The molecular formula is C23H18N2O3. The van der Waals surface area contributed by atoms with E-state index in [0.717, 1.165) is 22.4 Å². The Kier molecular flexibility index (Phi) is 4.89. The minimum atomic E-state index is -0.189. The smallest absolute Gasteiger partial charge is 0.248 e. The molecule has 4 rings (SSSR count). The number of fused-ring (bicyclic) bond motifs is 1. The van der Waals surface area contributed by atoms with Crippen LogP contribution in [0.15, 0.2) is 83.3 Å². The third-order valence-corrected chi connectivity index (χ3v) is 4.22. The molecule has 0 unspecified atom stereocenters. The molecule has 1 amide bonds. The number of carbonyl (C=O) groups excluding carboxylic acids is 1. The van der Waals surface area contributed by atoms with Gasteiger partial charge in [-0.25, -0.2) is 4.98 Å². The van der Waals surface area contributed by atoms with Crippen LogP contribution >= 0.6 is 0 Å². The first-order valence-corrected chi connectivity index (χ1v) is 8.80. The predicted octanol–water partition coefficient (Wildman–Crippen LogP) is 5.16. The molecular weight excluding hydrogens is 352 g/mol. The molecule has 0 saturated carbocycles. The maximum atomic E-state index is 12.1. The van der Waals surface area contributed by atoms with Gasteiger partial charge in [-0.05, 0) is 48.0 Å². The van der Waals surface area contributed by atoms with Crippen LogP contribution in [0.3, 0.4) is 0 Å². The molecule has 138 valence electrons.